The van der Waals surface area contributed by atoms with E-state index in [-0.39, 0.29) is 5.92 Å². The molecule has 4 nitrogen and oxygen atoms in total. The van der Waals surface area contributed by atoms with Crippen molar-refractivity contribution in [3.05, 3.63) is 113 Å². The molecule has 3 aromatic carbocycles. The zero-order chi connectivity index (χ0) is 21.7. The minimum absolute atomic E-state index is 0.0243. The summed E-state index contributed by atoms with van der Waals surface area (Å²) >= 11 is 0. The molecule has 0 aliphatic heterocycles. The Morgan fingerprint density at radius 1 is 0.656 bits per heavy atom. The standard InChI is InChI=1S/C28H24N4/c1-17-25(20-12-6-8-14-23(20)30-17)27(26-18(2)31-24-15-9-7-13-21(24)26)22-16-29-32-28(22)19-10-4-3-5-11-19/h3-16,27,30-31H,1-2H3,(H,29,32). The molecular weight excluding hydrogens is 392 g/mol. The fourth-order valence-electron chi connectivity index (χ4n) is 5.15. The van der Waals surface area contributed by atoms with Gasteiger partial charge >= 0.3 is 0 Å². The number of nitrogens with zero attached hydrogens (tertiary/aromatic N) is 1. The first-order valence-corrected chi connectivity index (χ1v) is 11.0. The number of H-pyrrole nitrogens is 3. The molecule has 0 unspecified atom stereocenters. The Labute approximate surface area is 186 Å². The largest absolute Gasteiger partial charge is 0.358 e. The number of aromatic amines is 3. The van der Waals surface area contributed by atoms with E-state index in [4.69, 9.17) is 0 Å². The molecule has 0 aliphatic rings. The number of benzene rings is 3. The van der Waals surface area contributed by atoms with E-state index in [1.807, 2.05) is 12.3 Å². The van der Waals surface area contributed by atoms with Gasteiger partial charge in [0.1, 0.15) is 0 Å². The zero-order valence-electron chi connectivity index (χ0n) is 18.1. The molecule has 6 rings (SSSR count). The van der Waals surface area contributed by atoms with Gasteiger partial charge in [0.05, 0.1) is 11.9 Å². The van der Waals surface area contributed by atoms with Crippen LogP contribution < -0.4 is 0 Å². The lowest BCUT2D eigenvalue weighted by Gasteiger charge is -2.20. The fraction of sp³-hybridized carbons (Fsp3) is 0.107. The van der Waals surface area contributed by atoms with Crippen LogP contribution in [0.2, 0.25) is 0 Å². The fourth-order valence-corrected chi connectivity index (χ4v) is 5.15. The SMILES string of the molecule is Cc1[nH]c2ccccc2c1C(c1cn[nH]c1-c1ccccc1)c1c(C)[nH]c2ccccc12. The van der Waals surface area contributed by atoms with Gasteiger partial charge in [0.15, 0.2) is 0 Å². The number of nitrogens with one attached hydrogen (secondary N) is 3. The van der Waals surface area contributed by atoms with Crippen molar-refractivity contribution in [3.63, 3.8) is 0 Å². The number of aromatic nitrogens is 4. The number of hydrogen-bond donors (Lipinski definition) is 3. The van der Waals surface area contributed by atoms with Crippen LogP contribution in [0.3, 0.4) is 0 Å². The second kappa shape index (κ2) is 7.27. The monoisotopic (exact) mass is 416 g/mol. The van der Waals surface area contributed by atoms with Gasteiger partial charge in [-0.2, -0.15) is 5.10 Å². The highest BCUT2D eigenvalue weighted by atomic mass is 15.1. The maximum Gasteiger partial charge on any atom is 0.0691 e. The molecule has 6 aromatic rings. The van der Waals surface area contributed by atoms with Gasteiger partial charge < -0.3 is 9.97 Å². The average Bonchev–Trinajstić information content (AvgIpc) is 3.51. The summed E-state index contributed by atoms with van der Waals surface area (Å²) in [5, 5.41) is 10.3. The van der Waals surface area contributed by atoms with Crippen molar-refractivity contribution in [3.8, 4) is 11.3 Å². The van der Waals surface area contributed by atoms with Crippen LogP contribution in [0.5, 0.6) is 0 Å². The highest BCUT2D eigenvalue weighted by Crippen LogP contribution is 2.44. The Hall–Kier alpha value is -4.05. The van der Waals surface area contributed by atoms with E-state index in [9.17, 15) is 0 Å². The molecule has 3 heterocycles. The summed E-state index contributed by atoms with van der Waals surface area (Å²) in [6, 6.07) is 27.6. The molecule has 3 N–H and O–H groups in total. The normalized spacial score (nSPS) is 11.7. The number of hydrogen-bond acceptors (Lipinski definition) is 1. The van der Waals surface area contributed by atoms with E-state index in [2.05, 4.69) is 107 Å². The lowest BCUT2D eigenvalue weighted by Crippen LogP contribution is -2.06. The summed E-state index contributed by atoms with van der Waals surface area (Å²) in [4.78, 5) is 7.23. The number of rotatable bonds is 4. The van der Waals surface area contributed by atoms with Crippen LogP contribution in [0.15, 0.2) is 85.1 Å². The molecule has 0 fully saturated rings. The molecular formula is C28H24N4. The van der Waals surface area contributed by atoms with E-state index < -0.39 is 0 Å². The summed E-state index contributed by atoms with van der Waals surface area (Å²) in [5.74, 6) is 0.0243. The first-order chi connectivity index (χ1) is 15.7. The Morgan fingerprint density at radius 3 is 1.78 bits per heavy atom. The Kier molecular flexibility index (Phi) is 4.25. The summed E-state index contributed by atoms with van der Waals surface area (Å²) in [7, 11) is 0. The predicted octanol–water partition coefficient (Wildman–Crippen LogP) is 6.84. The van der Waals surface area contributed by atoms with E-state index in [0.717, 1.165) is 22.3 Å². The van der Waals surface area contributed by atoms with Gasteiger partial charge in [-0.1, -0.05) is 66.7 Å². The second-order valence-electron chi connectivity index (χ2n) is 8.42. The molecule has 3 aromatic heterocycles. The topological polar surface area (TPSA) is 60.3 Å². The smallest absolute Gasteiger partial charge is 0.0691 e. The van der Waals surface area contributed by atoms with Gasteiger partial charge in [0.2, 0.25) is 0 Å². The highest BCUT2D eigenvalue weighted by molar-refractivity contribution is 5.91. The molecule has 0 radical (unpaired) electrons. The molecule has 0 bridgehead atoms. The highest BCUT2D eigenvalue weighted by Gasteiger charge is 2.30. The Morgan fingerprint density at radius 2 is 1.19 bits per heavy atom. The predicted molar refractivity (Wildman–Crippen MR) is 131 cm³/mol. The van der Waals surface area contributed by atoms with Crippen LogP contribution in [-0.2, 0) is 0 Å². The lowest BCUT2D eigenvalue weighted by atomic mass is 9.81. The summed E-state index contributed by atoms with van der Waals surface area (Å²) in [6.07, 6.45) is 2.00. The van der Waals surface area contributed by atoms with Gasteiger partial charge in [0, 0.05) is 44.7 Å². The van der Waals surface area contributed by atoms with Gasteiger partial charge in [0.25, 0.3) is 0 Å². The molecule has 0 aliphatic carbocycles. The van der Waals surface area contributed by atoms with Crippen molar-refractivity contribution in [2.75, 3.05) is 0 Å². The van der Waals surface area contributed by atoms with Gasteiger partial charge in [-0.3, -0.25) is 5.10 Å². The van der Waals surface area contributed by atoms with Crippen molar-refractivity contribution < 1.29 is 0 Å². The van der Waals surface area contributed by atoms with Crippen LogP contribution >= 0.6 is 0 Å². The molecule has 156 valence electrons. The molecule has 0 saturated carbocycles. The van der Waals surface area contributed by atoms with Crippen molar-refractivity contribution >= 4 is 21.8 Å². The molecule has 32 heavy (non-hydrogen) atoms. The Balaban J connectivity index is 1.71. The van der Waals surface area contributed by atoms with Gasteiger partial charge in [-0.15, -0.1) is 0 Å². The van der Waals surface area contributed by atoms with Crippen molar-refractivity contribution in [2.45, 2.75) is 19.8 Å². The maximum atomic E-state index is 4.51. The van der Waals surface area contributed by atoms with Crippen LogP contribution in [0.25, 0.3) is 33.1 Å². The summed E-state index contributed by atoms with van der Waals surface area (Å²) in [5.41, 5.74) is 10.7. The third-order valence-corrected chi connectivity index (χ3v) is 6.51. The molecule has 0 amide bonds. The first-order valence-electron chi connectivity index (χ1n) is 11.0. The van der Waals surface area contributed by atoms with E-state index >= 15 is 0 Å². The zero-order valence-corrected chi connectivity index (χ0v) is 18.1. The second-order valence-corrected chi connectivity index (χ2v) is 8.42. The summed E-state index contributed by atoms with van der Waals surface area (Å²) < 4.78 is 0. The maximum absolute atomic E-state index is 4.51. The third-order valence-electron chi connectivity index (χ3n) is 6.51. The molecule has 0 saturated heterocycles. The van der Waals surface area contributed by atoms with E-state index in [0.29, 0.717) is 0 Å². The van der Waals surface area contributed by atoms with Crippen LogP contribution in [0, 0.1) is 13.8 Å². The van der Waals surface area contributed by atoms with Crippen molar-refractivity contribution in [1.29, 1.82) is 0 Å². The number of fused-ring (bicyclic) bond motifs is 2. The van der Waals surface area contributed by atoms with E-state index in [1.165, 1.54) is 38.9 Å². The third kappa shape index (κ3) is 2.80. The number of aryl methyl sites for hydroxylation is 2. The van der Waals surface area contributed by atoms with Gasteiger partial charge in [-0.05, 0) is 42.7 Å². The quantitative estimate of drug-likeness (QED) is 0.290. The minimum atomic E-state index is 0.0243. The van der Waals surface area contributed by atoms with Gasteiger partial charge in [-0.25, -0.2) is 0 Å². The Bertz CT molecular complexity index is 1470. The van der Waals surface area contributed by atoms with Crippen molar-refractivity contribution in [1.82, 2.24) is 20.2 Å². The van der Waals surface area contributed by atoms with E-state index in [1.54, 1.807) is 0 Å². The summed E-state index contributed by atoms with van der Waals surface area (Å²) in [6.45, 7) is 4.35. The van der Waals surface area contributed by atoms with Crippen LogP contribution in [-0.4, -0.2) is 20.2 Å². The lowest BCUT2D eigenvalue weighted by molar-refractivity contribution is 0.965. The first kappa shape index (κ1) is 18.7. The molecule has 4 heteroatoms. The molecule has 0 spiro atoms. The minimum Gasteiger partial charge on any atom is -0.358 e. The average molecular weight is 417 g/mol. The number of para-hydroxylation sites is 2. The van der Waals surface area contributed by atoms with Crippen LogP contribution in [0.4, 0.5) is 0 Å². The van der Waals surface area contributed by atoms with Crippen molar-refractivity contribution in [2.24, 2.45) is 0 Å². The molecule has 0 atom stereocenters. The van der Waals surface area contributed by atoms with Crippen LogP contribution in [0.1, 0.15) is 34.0 Å².